The summed E-state index contributed by atoms with van der Waals surface area (Å²) in [4.78, 5) is 15.8. The molecule has 1 amide bonds. The van der Waals surface area contributed by atoms with E-state index in [2.05, 4.69) is 20.5 Å². The van der Waals surface area contributed by atoms with Gasteiger partial charge in [0.2, 0.25) is 11.1 Å². The van der Waals surface area contributed by atoms with E-state index in [1.807, 2.05) is 13.0 Å². The Morgan fingerprint density at radius 2 is 2.50 bits per heavy atom. The molecule has 2 heterocycles. The van der Waals surface area contributed by atoms with Crippen molar-refractivity contribution < 1.29 is 9.21 Å². The smallest absolute Gasteiger partial charge is 0.230 e. The zero-order chi connectivity index (χ0) is 12.8. The van der Waals surface area contributed by atoms with Gasteiger partial charge in [-0.05, 0) is 12.1 Å². The van der Waals surface area contributed by atoms with Crippen molar-refractivity contribution in [3.8, 4) is 0 Å². The number of aromatic amines is 1. The molecular formula is C11H14N4O2S. The number of carbonyl (C=O) groups is 1. The zero-order valence-electron chi connectivity index (χ0n) is 9.97. The second-order valence-corrected chi connectivity index (χ2v) is 4.51. The SMILES string of the molecule is CCc1nc(SCC(=O)NCc2ccco2)n[nH]1. The van der Waals surface area contributed by atoms with Crippen molar-refractivity contribution in [1.29, 1.82) is 0 Å². The number of amides is 1. The lowest BCUT2D eigenvalue weighted by Crippen LogP contribution is -2.24. The maximum Gasteiger partial charge on any atom is 0.230 e. The van der Waals surface area contributed by atoms with Crippen LogP contribution in [0.4, 0.5) is 0 Å². The normalized spacial score (nSPS) is 10.5. The highest BCUT2D eigenvalue weighted by atomic mass is 32.2. The number of rotatable bonds is 6. The van der Waals surface area contributed by atoms with Crippen LogP contribution >= 0.6 is 11.8 Å². The van der Waals surface area contributed by atoms with E-state index in [4.69, 9.17) is 4.42 Å². The number of furan rings is 1. The van der Waals surface area contributed by atoms with E-state index >= 15 is 0 Å². The van der Waals surface area contributed by atoms with Crippen molar-refractivity contribution in [2.24, 2.45) is 0 Å². The summed E-state index contributed by atoms with van der Waals surface area (Å²) in [7, 11) is 0. The van der Waals surface area contributed by atoms with Gasteiger partial charge in [-0.15, -0.1) is 5.10 Å². The first kappa shape index (κ1) is 12.7. The Labute approximate surface area is 109 Å². The molecule has 18 heavy (non-hydrogen) atoms. The van der Waals surface area contributed by atoms with Gasteiger partial charge >= 0.3 is 0 Å². The van der Waals surface area contributed by atoms with Crippen molar-refractivity contribution in [3.63, 3.8) is 0 Å². The lowest BCUT2D eigenvalue weighted by atomic mass is 10.4. The molecule has 0 aromatic carbocycles. The van der Waals surface area contributed by atoms with Gasteiger partial charge in [-0.1, -0.05) is 18.7 Å². The van der Waals surface area contributed by atoms with Crippen molar-refractivity contribution >= 4 is 17.7 Å². The van der Waals surface area contributed by atoms with E-state index in [0.29, 0.717) is 17.5 Å². The lowest BCUT2D eigenvalue weighted by molar-refractivity contribution is -0.118. The number of hydrogen-bond donors (Lipinski definition) is 2. The van der Waals surface area contributed by atoms with Crippen LogP contribution in [0.3, 0.4) is 0 Å². The summed E-state index contributed by atoms with van der Waals surface area (Å²) in [5.41, 5.74) is 0. The molecule has 2 N–H and O–H groups in total. The fourth-order valence-electron chi connectivity index (χ4n) is 1.28. The number of carbonyl (C=O) groups excluding carboxylic acids is 1. The third-order valence-electron chi connectivity index (χ3n) is 2.22. The molecule has 0 saturated heterocycles. The van der Waals surface area contributed by atoms with Crippen LogP contribution in [0.5, 0.6) is 0 Å². The van der Waals surface area contributed by atoms with Gasteiger partial charge in [0.15, 0.2) is 0 Å². The predicted molar refractivity (Wildman–Crippen MR) is 67.0 cm³/mol. The van der Waals surface area contributed by atoms with Gasteiger partial charge < -0.3 is 9.73 Å². The topological polar surface area (TPSA) is 83.8 Å². The van der Waals surface area contributed by atoms with E-state index in [-0.39, 0.29) is 5.91 Å². The second kappa shape index (κ2) is 6.25. The number of aromatic nitrogens is 3. The molecule has 0 aliphatic carbocycles. The van der Waals surface area contributed by atoms with Crippen LogP contribution in [0.25, 0.3) is 0 Å². The van der Waals surface area contributed by atoms with Crippen LogP contribution in [0, 0.1) is 0 Å². The molecule has 0 saturated carbocycles. The number of nitrogens with one attached hydrogen (secondary N) is 2. The molecule has 7 heteroatoms. The maximum absolute atomic E-state index is 11.5. The number of hydrogen-bond acceptors (Lipinski definition) is 5. The summed E-state index contributed by atoms with van der Waals surface area (Å²) in [6, 6.07) is 3.60. The van der Waals surface area contributed by atoms with Gasteiger partial charge in [0.25, 0.3) is 0 Å². The van der Waals surface area contributed by atoms with Crippen LogP contribution in [0.2, 0.25) is 0 Å². The standard InChI is InChI=1S/C11H14N4O2S/c1-2-9-13-11(15-14-9)18-7-10(16)12-6-8-4-3-5-17-8/h3-5H,2,6-7H2,1H3,(H,12,16)(H,13,14,15). The van der Waals surface area contributed by atoms with Gasteiger partial charge in [0.1, 0.15) is 11.6 Å². The summed E-state index contributed by atoms with van der Waals surface area (Å²) in [6.45, 7) is 2.39. The molecule has 2 aromatic rings. The van der Waals surface area contributed by atoms with Crippen LogP contribution in [-0.2, 0) is 17.8 Å². The number of thioether (sulfide) groups is 1. The summed E-state index contributed by atoms with van der Waals surface area (Å²) < 4.78 is 5.11. The fourth-order valence-corrected chi connectivity index (χ4v) is 1.93. The maximum atomic E-state index is 11.5. The first-order chi connectivity index (χ1) is 8.78. The van der Waals surface area contributed by atoms with Gasteiger partial charge in [-0.2, -0.15) is 0 Å². The van der Waals surface area contributed by atoms with E-state index in [0.717, 1.165) is 18.0 Å². The Kier molecular flexibility index (Phi) is 4.40. The van der Waals surface area contributed by atoms with E-state index in [1.54, 1.807) is 12.3 Å². The highest BCUT2D eigenvalue weighted by molar-refractivity contribution is 7.99. The average Bonchev–Trinajstić information content (AvgIpc) is 3.04. The predicted octanol–water partition coefficient (Wildman–Crippen LogP) is 1.37. The van der Waals surface area contributed by atoms with Crippen LogP contribution in [0.15, 0.2) is 28.0 Å². The highest BCUT2D eigenvalue weighted by Crippen LogP contribution is 2.11. The lowest BCUT2D eigenvalue weighted by Gasteiger charge is -2.01. The summed E-state index contributed by atoms with van der Waals surface area (Å²) in [5, 5.41) is 10.2. The molecular weight excluding hydrogens is 252 g/mol. The molecule has 0 radical (unpaired) electrons. The van der Waals surface area contributed by atoms with Crippen molar-refractivity contribution in [3.05, 3.63) is 30.0 Å². The molecule has 0 aliphatic heterocycles. The van der Waals surface area contributed by atoms with Crippen LogP contribution in [0.1, 0.15) is 18.5 Å². The molecule has 0 fully saturated rings. The Morgan fingerprint density at radius 3 is 3.17 bits per heavy atom. The van der Waals surface area contributed by atoms with Crippen LogP contribution in [-0.4, -0.2) is 26.8 Å². The molecule has 96 valence electrons. The molecule has 0 unspecified atom stereocenters. The van der Waals surface area contributed by atoms with Gasteiger partial charge in [0.05, 0.1) is 18.6 Å². The highest BCUT2D eigenvalue weighted by Gasteiger charge is 2.07. The van der Waals surface area contributed by atoms with E-state index in [1.165, 1.54) is 11.8 Å². The number of nitrogens with zero attached hydrogens (tertiary/aromatic N) is 2. The third kappa shape index (κ3) is 3.63. The quantitative estimate of drug-likeness (QED) is 0.771. The monoisotopic (exact) mass is 266 g/mol. The fraction of sp³-hybridized carbons (Fsp3) is 0.364. The zero-order valence-corrected chi connectivity index (χ0v) is 10.8. The molecule has 0 bridgehead atoms. The van der Waals surface area contributed by atoms with Gasteiger partial charge in [0, 0.05) is 6.42 Å². The Hall–Kier alpha value is -1.76. The molecule has 6 nitrogen and oxygen atoms in total. The molecule has 2 rings (SSSR count). The van der Waals surface area contributed by atoms with E-state index < -0.39 is 0 Å². The average molecular weight is 266 g/mol. The van der Waals surface area contributed by atoms with Crippen molar-refractivity contribution in [1.82, 2.24) is 20.5 Å². The first-order valence-electron chi connectivity index (χ1n) is 5.61. The summed E-state index contributed by atoms with van der Waals surface area (Å²) in [6.07, 6.45) is 2.38. The Bertz CT molecular complexity index is 495. The number of aryl methyl sites for hydroxylation is 1. The second-order valence-electron chi connectivity index (χ2n) is 3.56. The Morgan fingerprint density at radius 1 is 1.61 bits per heavy atom. The molecule has 0 spiro atoms. The third-order valence-corrected chi connectivity index (χ3v) is 3.07. The van der Waals surface area contributed by atoms with Crippen molar-refractivity contribution in [2.45, 2.75) is 25.0 Å². The van der Waals surface area contributed by atoms with Gasteiger partial charge in [-0.3, -0.25) is 9.89 Å². The van der Waals surface area contributed by atoms with E-state index in [9.17, 15) is 4.79 Å². The summed E-state index contributed by atoms with van der Waals surface area (Å²) >= 11 is 1.31. The van der Waals surface area contributed by atoms with Crippen molar-refractivity contribution in [2.75, 3.05) is 5.75 Å². The summed E-state index contributed by atoms with van der Waals surface area (Å²) in [5.74, 6) is 1.79. The largest absolute Gasteiger partial charge is 0.467 e. The minimum Gasteiger partial charge on any atom is -0.467 e. The molecule has 2 aromatic heterocycles. The number of H-pyrrole nitrogens is 1. The first-order valence-corrected chi connectivity index (χ1v) is 6.59. The van der Waals surface area contributed by atoms with Gasteiger partial charge in [-0.25, -0.2) is 4.98 Å². The Balaban J connectivity index is 1.71. The molecule has 0 aliphatic rings. The minimum atomic E-state index is -0.0701. The minimum absolute atomic E-state index is 0.0701. The van der Waals surface area contributed by atoms with Crippen LogP contribution < -0.4 is 5.32 Å². The molecule has 0 atom stereocenters.